The van der Waals surface area contributed by atoms with Crippen molar-refractivity contribution in [1.29, 1.82) is 0 Å². The molecule has 0 aliphatic rings. The number of amides is 2. The van der Waals surface area contributed by atoms with Gasteiger partial charge in [0.15, 0.2) is 5.11 Å². The van der Waals surface area contributed by atoms with Crippen LogP contribution in [0.25, 0.3) is 0 Å². The third-order valence-electron chi connectivity index (χ3n) is 4.33. The zero-order chi connectivity index (χ0) is 20.6. The molecule has 0 aliphatic carbocycles. The summed E-state index contributed by atoms with van der Waals surface area (Å²) in [6.45, 7) is 1.92. The van der Waals surface area contributed by atoms with Gasteiger partial charge in [-0.05, 0) is 49.0 Å². The summed E-state index contributed by atoms with van der Waals surface area (Å²) in [5.74, 6) is -0.552. The van der Waals surface area contributed by atoms with Gasteiger partial charge in [0, 0.05) is 5.56 Å². The minimum Gasteiger partial charge on any atom is -0.345 e. The molecule has 3 rings (SSSR count). The average Bonchev–Trinajstić information content (AvgIpc) is 2.75. The molecule has 0 saturated carbocycles. The topological polar surface area (TPSA) is 70.2 Å². The molecule has 3 N–H and O–H groups in total. The molecule has 0 fully saturated rings. The van der Waals surface area contributed by atoms with E-state index in [4.69, 9.17) is 12.2 Å². The van der Waals surface area contributed by atoms with E-state index >= 15 is 0 Å². The first-order valence-corrected chi connectivity index (χ1v) is 9.57. The highest BCUT2D eigenvalue weighted by Gasteiger charge is 2.16. The fraction of sp³-hybridized carbons (Fsp3) is 0.0870. The molecule has 0 spiro atoms. The third kappa shape index (κ3) is 5.49. The lowest BCUT2D eigenvalue weighted by atomic mass is 10.1. The van der Waals surface area contributed by atoms with E-state index in [1.807, 2.05) is 43.3 Å². The maximum Gasteiger partial charge on any atom is 0.257 e. The van der Waals surface area contributed by atoms with Gasteiger partial charge in [0.05, 0.1) is 17.3 Å². The van der Waals surface area contributed by atoms with Gasteiger partial charge in [-0.2, -0.15) is 0 Å². The number of benzene rings is 3. The van der Waals surface area contributed by atoms with Crippen molar-refractivity contribution in [3.8, 4) is 0 Å². The summed E-state index contributed by atoms with van der Waals surface area (Å²) in [7, 11) is 0. The van der Waals surface area contributed by atoms with Crippen molar-refractivity contribution in [1.82, 2.24) is 10.6 Å². The lowest BCUT2D eigenvalue weighted by molar-refractivity contribution is 0.0939. The zero-order valence-electron chi connectivity index (χ0n) is 15.9. The van der Waals surface area contributed by atoms with E-state index in [1.165, 1.54) is 0 Å². The van der Waals surface area contributed by atoms with Crippen LogP contribution in [0.3, 0.4) is 0 Å². The second-order valence-electron chi connectivity index (χ2n) is 6.43. The van der Waals surface area contributed by atoms with Gasteiger partial charge in [0.25, 0.3) is 11.8 Å². The molecular weight excluding hydrogens is 382 g/mol. The molecule has 0 aliphatic heterocycles. The average molecular weight is 404 g/mol. The van der Waals surface area contributed by atoms with Crippen molar-refractivity contribution >= 4 is 34.8 Å². The lowest BCUT2D eigenvalue weighted by Crippen LogP contribution is -2.35. The Hall–Kier alpha value is -3.51. The second-order valence-corrected chi connectivity index (χ2v) is 6.83. The standard InChI is InChI=1S/C23H21N3O2S/c1-16(17-10-4-2-5-11-17)24-22(28)19-14-8-9-15-20(19)25-23(29)26-21(27)18-12-6-3-7-13-18/h2-16H,1H3,(H,24,28)(H2,25,26,27,29). The molecule has 2 amide bonds. The van der Waals surface area contributed by atoms with Crippen LogP contribution in [0.5, 0.6) is 0 Å². The Morgan fingerprint density at radius 3 is 2.07 bits per heavy atom. The predicted molar refractivity (Wildman–Crippen MR) is 119 cm³/mol. The van der Waals surface area contributed by atoms with Crippen molar-refractivity contribution < 1.29 is 9.59 Å². The Morgan fingerprint density at radius 1 is 0.793 bits per heavy atom. The maximum atomic E-state index is 12.8. The predicted octanol–water partition coefficient (Wildman–Crippen LogP) is 4.30. The van der Waals surface area contributed by atoms with E-state index in [9.17, 15) is 9.59 Å². The zero-order valence-corrected chi connectivity index (χ0v) is 16.7. The van der Waals surface area contributed by atoms with Crippen molar-refractivity contribution in [3.63, 3.8) is 0 Å². The van der Waals surface area contributed by atoms with Crippen LogP contribution in [0.2, 0.25) is 0 Å². The molecular formula is C23H21N3O2S. The minimum atomic E-state index is -0.317. The number of nitrogens with one attached hydrogen (secondary N) is 3. The van der Waals surface area contributed by atoms with E-state index in [2.05, 4.69) is 16.0 Å². The molecule has 1 atom stereocenters. The van der Waals surface area contributed by atoms with Crippen molar-refractivity contribution in [3.05, 3.63) is 102 Å². The third-order valence-corrected chi connectivity index (χ3v) is 4.53. The van der Waals surface area contributed by atoms with Crippen molar-refractivity contribution in [2.45, 2.75) is 13.0 Å². The molecule has 5 nitrogen and oxygen atoms in total. The van der Waals surface area contributed by atoms with Gasteiger partial charge in [0.1, 0.15) is 0 Å². The number of anilines is 1. The Morgan fingerprint density at radius 2 is 1.38 bits per heavy atom. The summed E-state index contributed by atoms with van der Waals surface area (Å²) in [5, 5.41) is 8.67. The van der Waals surface area contributed by atoms with Gasteiger partial charge in [0.2, 0.25) is 0 Å². The fourth-order valence-corrected chi connectivity index (χ4v) is 3.01. The number of hydrogen-bond acceptors (Lipinski definition) is 3. The molecule has 29 heavy (non-hydrogen) atoms. The van der Waals surface area contributed by atoms with Crippen molar-refractivity contribution in [2.24, 2.45) is 0 Å². The summed E-state index contributed by atoms with van der Waals surface area (Å²) in [6.07, 6.45) is 0. The summed E-state index contributed by atoms with van der Waals surface area (Å²) in [6, 6.07) is 25.4. The quantitative estimate of drug-likeness (QED) is 0.556. The monoisotopic (exact) mass is 403 g/mol. The number of carbonyl (C=O) groups excluding carboxylic acids is 2. The SMILES string of the molecule is CC(NC(=O)c1ccccc1NC(=S)NC(=O)c1ccccc1)c1ccccc1. The van der Waals surface area contributed by atoms with E-state index in [-0.39, 0.29) is 23.0 Å². The largest absolute Gasteiger partial charge is 0.345 e. The van der Waals surface area contributed by atoms with Gasteiger partial charge in [-0.1, -0.05) is 60.7 Å². The van der Waals surface area contributed by atoms with E-state index in [0.29, 0.717) is 16.8 Å². The number of carbonyl (C=O) groups is 2. The Kier molecular flexibility index (Phi) is 6.71. The minimum absolute atomic E-state index is 0.121. The van der Waals surface area contributed by atoms with Crippen LogP contribution in [-0.2, 0) is 0 Å². The van der Waals surface area contributed by atoms with E-state index < -0.39 is 0 Å². The number of hydrogen-bond donors (Lipinski definition) is 3. The molecule has 6 heteroatoms. The summed E-state index contributed by atoms with van der Waals surface area (Å²) in [5.41, 5.74) is 2.46. The highest BCUT2D eigenvalue weighted by molar-refractivity contribution is 7.80. The van der Waals surface area contributed by atoms with Crippen molar-refractivity contribution in [2.75, 3.05) is 5.32 Å². The molecule has 3 aromatic carbocycles. The van der Waals surface area contributed by atoms with Gasteiger partial charge in [-0.3, -0.25) is 14.9 Å². The maximum absolute atomic E-state index is 12.8. The Labute approximate surface area is 175 Å². The first-order valence-electron chi connectivity index (χ1n) is 9.17. The smallest absolute Gasteiger partial charge is 0.257 e. The van der Waals surface area contributed by atoms with Gasteiger partial charge < -0.3 is 10.6 Å². The molecule has 0 radical (unpaired) electrons. The molecule has 0 bridgehead atoms. The first-order chi connectivity index (χ1) is 14.0. The highest BCUT2D eigenvalue weighted by atomic mass is 32.1. The number of thiocarbonyl (C=S) groups is 1. The Bertz CT molecular complexity index is 1010. The second kappa shape index (κ2) is 9.61. The van der Waals surface area contributed by atoms with Crippen LogP contribution < -0.4 is 16.0 Å². The molecule has 3 aromatic rings. The number of para-hydroxylation sites is 1. The van der Waals surface area contributed by atoms with Gasteiger partial charge >= 0.3 is 0 Å². The molecule has 0 saturated heterocycles. The van der Waals surface area contributed by atoms with Crippen LogP contribution in [0.4, 0.5) is 5.69 Å². The van der Waals surface area contributed by atoms with Crippen LogP contribution in [0, 0.1) is 0 Å². The van der Waals surface area contributed by atoms with Crippen LogP contribution in [-0.4, -0.2) is 16.9 Å². The molecule has 0 aromatic heterocycles. The van der Waals surface area contributed by atoms with Gasteiger partial charge in [-0.25, -0.2) is 0 Å². The summed E-state index contributed by atoms with van der Waals surface area (Å²) >= 11 is 5.25. The first kappa shape index (κ1) is 20.2. The number of rotatable bonds is 5. The summed E-state index contributed by atoms with van der Waals surface area (Å²) < 4.78 is 0. The fourth-order valence-electron chi connectivity index (χ4n) is 2.81. The molecule has 1 unspecified atom stereocenters. The van der Waals surface area contributed by atoms with Crippen LogP contribution in [0.15, 0.2) is 84.9 Å². The normalized spacial score (nSPS) is 11.2. The molecule has 0 heterocycles. The lowest BCUT2D eigenvalue weighted by Gasteiger charge is -2.17. The van der Waals surface area contributed by atoms with E-state index in [0.717, 1.165) is 5.56 Å². The van der Waals surface area contributed by atoms with Crippen LogP contribution >= 0.6 is 12.2 Å². The Balaban J connectivity index is 1.67. The van der Waals surface area contributed by atoms with Gasteiger partial charge in [-0.15, -0.1) is 0 Å². The highest BCUT2D eigenvalue weighted by Crippen LogP contribution is 2.18. The van der Waals surface area contributed by atoms with Crippen LogP contribution in [0.1, 0.15) is 39.2 Å². The molecule has 146 valence electrons. The summed E-state index contributed by atoms with van der Waals surface area (Å²) in [4.78, 5) is 25.0. The van der Waals surface area contributed by atoms with E-state index in [1.54, 1.807) is 48.5 Å².